The van der Waals surface area contributed by atoms with Crippen LogP contribution in [0.25, 0.3) is 0 Å². The maximum absolute atomic E-state index is 8.63. The lowest BCUT2D eigenvalue weighted by atomic mass is 10.2. The number of oxime groups is 1. The second kappa shape index (κ2) is 6.19. The average molecular weight is 297 g/mol. The molecule has 1 aromatic carbocycles. The van der Waals surface area contributed by atoms with Gasteiger partial charge in [-0.15, -0.1) is 0 Å². The van der Waals surface area contributed by atoms with Crippen LogP contribution in [0.2, 0.25) is 15.1 Å². The second-order valence-electron chi connectivity index (χ2n) is 3.38. The normalized spacial score (nSPS) is 13.5. The Balaban J connectivity index is 2.98. The maximum atomic E-state index is 8.63. The summed E-state index contributed by atoms with van der Waals surface area (Å²) in [6.45, 7) is 1.89. The Morgan fingerprint density at radius 2 is 1.94 bits per heavy atom. The molecular formula is C10H12Cl3N3O. The minimum absolute atomic E-state index is 0.0784. The Hall–Kier alpha value is -0.840. The van der Waals surface area contributed by atoms with Crippen LogP contribution in [0.4, 0.5) is 5.69 Å². The highest BCUT2D eigenvalue weighted by atomic mass is 35.5. The summed E-state index contributed by atoms with van der Waals surface area (Å²) in [5.41, 5.74) is 6.11. The van der Waals surface area contributed by atoms with Gasteiger partial charge >= 0.3 is 0 Å². The highest BCUT2D eigenvalue weighted by molar-refractivity contribution is 6.44. The molecule has 0 heterocycles. The van der Waals surface area contributed by atoms with E-state index in [1.807, 2.05) is 6.92 Å². The van der Waals surface area contributed by atoms with Crippen LogP contribution >= 0.6 is 34.8 Å². The van der Waals surface area contributed by atoms with E-state index in [2.05, 4.69) is 10.5 Å². The molecule has 0 spiro atoms. The number of nitrogens with one attached hydrogen (secondary N) is 1. The fourth-order valence-corrected chi connectivity index (χ4v) is 1.88. The molecule has 1 rings (SSSR count). The van der Waals surface area contributed by atoms with Gasteiger partial charge in [0.1, 0.15) is 0 Å². The molecule has 4 nitrogen and oxygen atoms in total. The molecule has 1 unspecified atom stereocenters. The Kier molecular flexibility index (Phi) is 5.18. The van der Waals surface area contributed by atoms with Crippen molar-refractivity contribution in [1.82, 2.24) is 0 Å². The van der Waals surface area contributed by atoms with E-state index in [1.165, 1.54) is 6.07 Å². The summed E-state index contributed by atoms with van der Waals surface area (Å²) in [5.74, 6) is 0.0784. The third-order valence-corrected chi connectivity index (χ3v) is 3.26. The number of hydrogen-bond donors (Lipinski definition) is 3. The SMILES string of the molecule is CCC(Nc1cc(Cl)c(Cl)cc1Cl)/C(N)=N/O. The number of rotatable bonds is 4. The average Bonchev–Trinajstić information content (AvgIpc) is 2.31. The van der Waals surface area contributed by atoms with E-state index in [9.17, 15) is 0 Å². The van der Waals surface area contributed by atoms with Crippen molar-refractivity contribution in [3.05, 3.63) is 27.2 Å². The van der Waals surface area contributed by atoms with Gasteiger partial charge in [-0.25, -0.2) is 0 Å². The lowest BCUT2D eigenvalue weighted by Gasteiger charge is -2.18. The van der Waals surface area contributed by atoms with Crippen molar-refractivity contribution in [2.24, 2.45) is 10.9 Å². The molecule has 0 aromatic heterocycles. The van der Waals surface area contributed by atoms with E-state index in [0.29, 0.717) is 27.2 Å². The van der Waals surface area contributed by atoms with Gasteiger partial charge in [0.25, 0.3) is 0 Å². The van der Waals surface area contributed by atoms with Gasteiger partial charge in [-0.3, -0.25) is 0 Å². The summed E-state index contributed by atoms with van der Waals surface area (Å²) in [7, 11) is 0. The lowest BCUT2D eigenvalue weighted by Crippen LogP contribution is -2.35. The van der Waals surface area contributed by atoms with Crippen molar-refractivity contribution < 1.29 is 5.21 Å². The third-order valence-electron chi connectivity index (χ3n) is 2.22. The first-order valence-corrected chi connectivity index (χ1v) is 6.01. The summed E-state index contributed by atoms with van der Waals surface area (Å²) >= 11 is 17.7. The maximum Gasteiger partial charge on any atom is 0.161 e. The van der Waals surface area contributed by atoms with Crippen molar-refractivity contribution >= 4 is 46.3 Å². The Morgan fingerprint density at radius 3 is 2.47 bits per heavy atom. The molecule has 0 saturated heterocycles. The van der Waals surface area contributed by atoms with E-state index < -0.39 is 0 Å². The Morgan fingerprint density at radius 1 is 1.35 bits per heavy atom. The van der Waals surface area contributed by atoms with Crippen LogP contribution in [0.3, 0.4) is 0 Å². The number of anilines is 1. The monoisotopic (exact) mass is 295 g/mol. The van der Waals surface area contributed by atoms with Gasteiger partial charge in [0.05, 0.1) is 26.8 Å². The number of nitrogens with two attached hydrogens (primary N) is 1. The Bertz CT molecular complexity index is 437. The van der Waals surface area contributed by atoms with Crippen molar-refractivity contribution in [2.75, 3.05) is 5.32 Å². The standard InChI is InChI=1S/C10H12Cl3N3O/c1-2-8(10(14)16-17)15-9-4-6(12)5(11)3-7(9)13/h3-4,8,15,17H,2H2,1H3,(H2,14,16). The molecule has 1 atom stereocenters. The Labute approximate surface area is 114 Å². The molecule has 17 heavy (non-hydrogen) atoms. The van der Waals surface area contributed by atoms with Gasteiger partial charge in [0.2, 0.25) is 0 Å². The quantitative estimate of drug-likeness (QED) is 0.261. The molecule has 0 radical (unpaired) electrons. The van der Waals surface area contributed by atoms with E-state index >= 15 is 0 Å². The molecule has 0 amide bonds. The van der Waals surface area contributed by atoms with Crippen LogP contribution in [0.5, 0.6) is 0 Å². The van der Waals surface area contributed by atoms with Crippen molar-refractivity contribution in [1.29, 1.82) is 0 Å². The van der Waals surface area contributed by atoms with Gasteiger partial charge in [-0.2, -0.15) is 0 Å². The van der Waals surface area contributed by atoms with E-state index in [1.54, 1.807) is 6.07 Å². The van der Waals surface area contributed by atoms with Gasteiger partial charge < -0.3 is 16.3 Å². The molecule has 0 saturated carbocycles. The molecular weight excluding hydrogens is 284 g/mol. The third kappa shape index (κ3) is 3.56. The number of benzene rings is 1. The van der Waals surface area contributed by atoms with Crippen LogP contribution in [-0.4, -0.2) is 17.1 Å². The molecule has 94 valence electrons. The zero-order valence-electron chi connectivity index (χ0n) is 9.04. The van der Waals surface area contributed by atoms with Crippen LogP contribution in [-0.2, 0) is 0 Å². The van der Waals surface area contributed by atoms with Gasteiger partial charge in [0.15, 0.2) is 5.84 Å². The number of halogens is 3. The van der Waals surface area contributed by atoms with Crippen LogP contribution in [0.15, 0.2) is 17.3 Å². The summed E-state index contributed by atoms with van der Waals surface area (Å²) in [4.78, 5) is 0. The number of amidine groups is 1. The predicted octanol–water partition coefficient (Wildman–Crippen LogP) is 3.58. The molecule has 0 bridgehead atoms. The van der Waals surface area contributed by atoms with Crippen LogP contribution in [0, 0.1) is 0 Å². The number of hydrogen-bond acceptors (Lipinski definition) is 3. The predicted molar refractivity (Wildman–Crippen MR) is 72.6 cm³/mol. The zero-order chi connectivity index (χ0) is 13.0. The van der Waals surface area contributed by atoms with Gasteiger partial charge in [-0.05, 0) is 18.6 Å². The summed E-state index contributed by atoms with van der Waals surface area (Å²) in [6.07, 6.45) is 0.631. The second-order valence-corrected chi connectivity index (χ2v) is 4.60. The first-order chi connectivity index (χ1) is 7.99. The minimum Gasteiger partial charge on any atom is -0.409 e. The smallest absolute Gasteiger partial charge is 0.161 e. The summed E-state index contributed by atoms with van der Waals surface area (Å²) < 4.78 is 0. The molecule has 0 aliphatic heterocycles. The molecule has 0 aliphatic carbocycles. The largest absolute Gasteiger partial charge is 0.409 e. The highest BCUT2D eigenvalue weighted by Crippen LogP contribution is 2.32. The number of nitrogens with zero attached hydrogens (tertiary/aromatic N) is 1. The fourth-order valence-electron chi connectivity index (χ4n) is 1.28. The van der Waals surface area contributed by atoms with E-state index in [4.69, 9.17) is 45.7 Å². The molecule has 0 fully saturated rings. The van der Waals surface area contributed by atoms with E-state index in [0.717, 1.165) is 0 Å². The molecule has 4 N–H and O–H groups in total. The lowest BCUT2D eigenvalue weighted by molar-refractivity contribution is 0.316. The molecule has 0 aliphatic rings. The summed E-state index contributed by atoms with van der Waals surface area (Å²) in [5, 5.41) is 15.8. The van der Waals surface area contributed by atoms with Crippen molar-refractivity contribution in [3.63, 3.8) is 0 Å². The first-order valence-electron chi connectivity index (χ1n) is 4.88. The summed E-state index contributed by atoms with van der Waals surface area (Å²) in [6, 6.07) is 2.81. The van der Waals surface area contributed by atoms with Gasteiger partial charge in [0, 0.05) is 0 Å². The van der Waals surface area contributed by atoms with Crippen LogP contribution in [0.1, 0.15) is 13.3 Å². The van der Waals surface area contributed by atoms with Gasteiger partial charge in [-0.1, -0.05) is 46.9 Å². The van der Waals surface area contributed by atoms with Crippen molar-refractivity contribution in [2.45, 2.75) is 19.4 Å². The topological polar surface area (TPSA) is 70.6 Å². The zero-order valence-corrected chi connectivity index (χ0v) is 11.3. The molecule has 7 heteroatoms. The minimum atomic E-state index is -0.324. The molecule has 1 aromatic rings. The highest BCUT2D eigenvalue weighted by Gasteiger charge is 2.14. The van der Waals surface area contributed by atoms with Crippen molar-refractivity contribution in [3.8, 4) is 0 Å². The van der Waals surface area contributed by atoms with E-state index in [-0.39, 0.29) is 11.9 Å². The van der Waals surface area contributed by atoms with Crippen LogP contribution < -0.4 is 11.1 Å². The fraction of sp³-hybridized carbons (Fsp3) is 0.300. The first kappa shape index (κ1) is 14.2.